The zero-order valence-corrected chi connectivity index (χ0v) is 14.9. The van der Waals surface area contributed by atoms with Crippen LogP contribution in [-0.4, -0.2) is 14.5 Å². The first-order chi connectivity index (χ1) is 12.7. The third-order valence-corrected chi connectivity index (χ3v) is 4.28. The molecule has 0 aliphatic rings. The molecule has 3 aromatic rings. The van der Waals surface area contributed by atoms with Crippen LogP contribution in [0.5, 0.6) is 0 Å². The number of nitrogens with zero attached hydrogens (tertiary/aromatic N) is 3. The van der Waals surface area contributed by atoms with E-state index >= 15 is 0 Å². The van der Waals surface area contributed by atoms with Crippen LogP contribution in [0.2, 0.25) is 0 Å². The Morgan fingerprint density at radius 1 is 1.19 bits per heavy atom. The minimum atomic E-state index is -0.308. The molecule has 1 aromatic carbocycles. The molecule has 0 amide bonds. The molecule has 1 N–H and O–H groups in total. The lowest BCUT2D eigenvalue weighted by Crippen LogP contribution is -2.24. The average molecular weight is 346 g/mol. The van der Waals surface area contributed by atoms with Crippen molar-refractivity contribution in [2.45, 2.75) is 38.6 Å². The van der Waals surface area contributed by atoms with E-state index < -0.39 is 0 Å². The second-order valence-electron chi connectivity index (χ2n) is 6.18. The molecule has 0 radical (unpaired) electrons. The van der Waals surface area contributed by atoms with Crippen LogP contribution in [0, 0.1) is 12.3 Å². The molecule has 0 spiro atoms. The number of aromatic nitrogens is 3. The summed E-state index contributed by atoms with van der Waals surface area (Å²) >= 11 is 0. The van der Waals surface area contributed by atoms with Crippen molar-refractivity contribution in [1.29, 1.82) is 0 Å². The highest BCUT2D eigenvalue weighted by Crippen LogP contribution is 2.20. The van der Waals surface area contributed by atoms with Crippen LogP contribution in [0.15, 0.2) is 53.5 Å². The molecule has 132 valence electrons. The normalized spacial score (nSPS) is 11.8. The van der Waals surface area contributed by atoms with Crippen LogP contribution in [0.4, 0.5) is 11.6 Å². The van der Waals surface area contributed by atoms with E-state index in [0.717, 1.165) is 36.8 Å². The second kappa shape index (κ2) is 8.30. The van der Waals surface area contributed by atoms with Gasteiger partial charge in [-0.05, 0) is 24.6 Å². The first-order valence-corrected chi connectivity index (χ1v) is 8.89. The predicted molar refractivity (Wildman–Crippen MR) is 106 cm³/mol. The fourth-order valence-electron chi connectivity index (χ4n) is 2.93. The lowest BCUT2D eigenvalue weighted by atomic mass is 10.1. The van der Waals surface area contributed by atoms with Gasteiger partial charge in [0.15, 0.2) is 0 Å². The number of hydrogen-bond donors (Lipinski definition) is 1. The van der Waals surface area contributed by atoms with Gasteiger partial charge in [0.05, 0.1) is 6.04 Å². The third kappa shape index (κ3) is 3.92. The Labute approximate surface area is 153 Å². The van der Waals surface area contributed by atoms with Gasteiger partial charge in [0.25, 0.3) is 5.56 Å². The fourth-order valence-corrected chi connectivity index (χ4v) is 2.93. The summed E-state index contributed by atoms with van der Waals surface area (Å²) in [4.78, 5) is 21.4. The van der Waals surface area contributed by atoms with Gasteiger partial charge in [0.1, 0.15) is 5.65 Å². The Bertz CT molecular complexity index is 973. The summed E-state index contributed by atoms with van der Waals surface area (Å²) in [5, 5.41) is 3.95. The second-order valence-corrected chi connectivity index (χ2v) is 6.18. The van der Waals surface area contributed by atoms with E-state index in [9.17, 15) is 4.79 Å². The molecule has 5 heteroatoms. The Hall–Kier alpha value is -3.13. The van der Waals surface area contributed by atoms with Gasteiger partial charge in [0, 0.05) is 23.3 Å². The number of nitrogens with one attached hydrogen (secondary N) is 1. The lowest BCUT2D eigenvalue weighted by Gasteiger charge is -2.16. The van der Waals surface area contributed by atoms with Crippen molar-refractivity contribution in [2.75, 3.05) is 5.32 Å². The summed E-state index contributed by atoms with van der Waals surface area (Å²) < 4.78 is 1.61. The molecule has 2 heterocycles. The molecule has 0 aliphatic heterocycles. The molecule has 1 atom stereocenters. The van der Waals surface area contributed by atoms with Gasteiger partial charge in [-0.2, -0.15) is 4.98 Å². The van der Waals surface area contributed by atoms with E-state index in [2.05, 4.69) is 28.1 Å². The van der Waals surface area contributed by atoms with Crippen LogP contribution < -0.4 is 10.9 Å². The van der Waals surface area contributed by atoms with E-state index in [1.165, 1.54) is 6.07 Å². The molecule has 1 unspecified atom stereocenters. The quantitative estimate of drug-likeness (QED) is 0.512. The van der Waals surface area contributed by atoms with Crippen LogP contribution >= 0.6 is 0 Å². The van der Waals surface area contributed by atoms with Crippen molar-refractivity contribution in [3.8, 4) is 12.3 Å². The number of anilines is 2. The summed E-state index contributed by atoms with van der Waals surface area (Å²) in [6, 6.07) is 12.6. The molecule has 3 rings (SSSR count). The topological polar surface area (TPSA) is 59.8 Å². The zero-order valence-electron chi connectivity index (χ0n) is 14.9. The maximum atomic E-state index is 12.5. The van der Waals surface area contributed by atoms with Crippen LogP contribution in [0.1, 0.15) is 38.6 Å². The van der Waals surface area contributed by atoms with Gasteiger partial charge in [-0.1, -0.05) is 50.3 Å². The molecule has 0 fully saturated rings. The zero-order chi connectivity index (χ0) is 18.4. The number of fused-ring (bicyclic) bond motifs is 1. The molecule has 0 bridgehead atoms. The van der Waals surface area contributed by atoms with Crippen molar-refractivity contribution in [1.82, 2.24) is 14.5 Å². The first-order valence-electron chi connectivity index (χ1n) is 8.89. The van der Waals surface area contributed by atoms with Crippen molar-refractivity contribution in [3.05, 3.63) is 59.0 Å². The molecule has 26 heavy (non-hydrogen) atoms. The first kappa shape index (κ1) is 17.7. The highest BCUT2D eigenvalue weighted by Gasteiger charge is 2.14. The Morgan fingerprint density at radius 2 is 2.00 bits per heavy atom. The largest absolute Gasteiger partial charge is 0.324 e. The average Bonchev–Trinajstić information content (AvgIpc) is 2.67. The summed E-state index contributed by atoms with van der Waals surface area (Å²) in [7, 11) is 0. The highest BCUT2D eigenvalue weighted by atomic mass is 16.1. The number of pyridine rings is 1. The van der Waals surface area contributed by atoms with Crippen molar-refractivity contribution >= 4 is 22.7 Å². The molecular weight excluding hydrogens is 324 g/mol. The Kier molecular flexibility index (Phi) is 5.65. The number of hydrogen-bond acceptors (Lipinski definition) is 4. The number of terminal acetylenes is 1. The maximum absolute atomic E-state index is 12.5. The van der Waals surface area contributed by atoms with E-state index in [0.29, 0.717) is 11.6 Å². The van der Waals surface area contributed by atoms with Crippen LogP contribution in [-0.2, 0) is 0 Å². The number of para-hydroxylation sites is 1. The molecular formula is C21H22N4O. The van der Waals surface area contributed by atoms with Crippen molar-refractivity contribution < 1.29 is 0 Å². The van der Waals surface area contributed by atoms with Gasteiger partial charge in [-0.25, -0.2) is 4.98 Å². The van der Waals surface area contributed by atoms with Crippen LogP contribution in [0.25, 0.3) is 11.0 Å². The molecule has 5 nitrogen and oxygen atoms in total. The SMILES string of the molecule is C#CC(CCCCC)n1c(=O)ccc2cnc(Nc3ccccc3)nc21. The van der Waals surface area contributed by atoms with Gasteiger partial charge in [-0.15, -0.1) is 6.42 Å². The Morgan fingerprint density at radius 3 is 2.73 bits per heavy atom. The van der Waals surface area contributed by atoms with Crippen LogP contribution in [0.3, 0.4) is 0 Å². The van der Waals surface area contributed by atoms with E-state index in [1.807, 2.05) is 30.3 Å². The van der Waals surface area contributed by atoms with E-state index in [1.54, 1.807) is 16.8 Å². The number of unbranched alkanes of at least 4 members (excludes halogenated alkanes) is 2. The third-order valence-electron chi connectivity index (χ3n) is 4.28. The molecule has 0 saturated heterocycles. The summed E-state index contributed by atoms with van der Waals surface area (Å²) in [5.41, 5.74) is 1.31. The van der Waals surface area contributed by atoms with Gasteiger partial charge >= 0.3 is 0 Å². The number of rotatable bonds is 7. The molecule has 0 aliphatic carbocycles. The predicted octanol–water partition coefficient (Wildman–Crippen LogP) is 4.29. The van der Waals surface area contributed by atoms with Crippen molar-refractivity contribution in [2.24, 2.45) is 0 Å². The van der Waals surface area contributed by atoms with E-state index in [-0.39, 0.29) is 11.6 Å². The monoisotopic (exact) mass is 346 g/mol. The van der Waals surface area contributed by atoms with Gasteiger partial charge < -0.3 is 5.32 Å². The molecule has 2 aromatic heterocycles. The Balaban J connectivity index is 2.01. The summed E-state index contributed by atoms with van der Waals surface area (Å²) in [6.07, 6.45) is 11.4. The maximum Gasteiger partial charge on any atom is 0.253 e. The van der Waals surface area contributed by atoms with Gasteiger partial charge in [0.2, 0.25) is 5.95 Å². The van der Waals surface area contributed by atoms with Gasteiger partial charge in [-0.3, -0.25) is 9.36 Å². The number of benzene rings is 1. The lowest BCUT2D eigenvalue weighted by molar-refractivity contribution is 0.530. The smallest absolute Gasteiger partial charge is 0.253 e. The fraction of sp³-hybridized carbons (Fsp3) is 0.286. The minimum absolute atomic E-state index is 0.138. The molecule has 0 saturated carbocycles. The standard InChI is InChI=1S/C21H22N4O/c1-3-5-7-12-18(4-2)25-19(26)14-13-16-15-22-21(24-20(16)25)23-17-10-8-6-9-11-17/h2,6,8-11,13-15,18H,3,5,7,12H2,1H3,(H,22,23,24). The van der Waals surface area contributed by atoms with E-state index in [4.69, 9.17) is 6.42 Å². The highest BCUT2D eigenvalue weighted by molar-refractivity contribution is 5.76. The summed E-state index contributed by atoms with van der Waals surface area (Å²) in [6.45, 7) is 2.14. The summed E-state index contributed by atoms with van der Waals surface area (Å²) in [5.74, 6) is 3.20. The minimum Gasteiger partial charge on any atom is -0.324 e. The van der Waals surface area contributed by atoms with Crippen molar-refractivity contribution in [3.63, 3.8) is 0 Å².